The van der Waals surface area contributed by atoms with Gasteiger partial charge in [-0.3, -0.25) is 0 Å². The summed E-state index contributed by atoms with van der Waals surface area (Å²) in [4.78, 5) is 2.55. The van der Waals surface area contributed by atoms with E-state index in [0.29, 0.717) is 0 Å². The van der Waals surface area contributed by atoms with Crippen LogP contribution >= 0.6 is 0 Å². The predicted molar refractivity (Wildman–Crippen MR) is 67.0 cm³/mol. The van der Waals surface area contributed by atoms with Crippen LogP contribution in [0, 0.1) is 5.92 Å². The van der Waals surface area contributed by atoms with Gasteiger partial charge in [0.05, 0.1) is 0 Å². The van der Waals surface area contributed by atoms with Crippen LogP contribution in [0.25, 0.3) is 0 Å². The Morgan fingerprint density at radius 1 is 1.27 bits per heavy atom. The first-order chi connectivity index (χ1) is 7.07. The molecule has 1 rings (SSSR count). The van der Waals surface area contributed by atoms with E-state index < -0.39 is 0 Å². The van der Waals surface area contributed by atoms with Crippen LogP contribution in [0.1, 0.15) is 52.9 Å². The normalized spacial score (nSPS) is 24.0. The Hall–Kier alpha value is -0.0800. The molecule has 2 heteroatoms. The van der Waals surface area contributed by atoms with Crippen molar-refractivity contribution < 1.29 is 0 Å². The van der Waals surface area contributed by atoms with Crippen molar-refractivity contribution in [3.8, 4) is 0 Å². The van der Waals surface area contributed by atoms with Gasteiger partial charge < -0.3 is 10.6 Å². The molecule has 1 aliphatic heterocycles. The molecule has 1 aliphatic rings. The van der Waals surface area contributed by atoms with E-state index in [-0.39, 0.29) is 5.54 Å². The lowest BCUT2D eigenvalue weighted by Crippen LogP contribution is -2.49. The van der Waals surface area contributed by atoms with Gasteiger partial charge in [0, 0.05) is 12.1 Å². The van der Waals surface area contributed by atoms with Crippen LogP contribution in [0.2, 0.25) is 0 Å². The molecule has 0 aromatic heterocycles. The van der Waals surface area contributed by atoms with Crippen molar-refractivity contribution in [2.75, 3.05) is 19.6 Å². The third-order valence-electron chi connectivity index (χ3n) is 3.80. The van der Waals surface area contributed by atoms with Crippen molar-refractivity contribution >= 4 is 0 Å². The summed E-state index contributed by atoms with van der Waals surface area (Å²) in [5.41, 5.74) is 6.21. The number of piperidine rings is 1. The Morgan fingerprint density at radius 2 is 1.87 bits per heavy atom. The molecule has 1 atom stereocenters. The summed E-state index contributed by atoms with van der Waals surface area (Å²) < 4.78 is 0. The zero-order valence-corrected chi connectivity index (χ0v) is 10.8. The van der Waals surface area contributed by atoms with Crippen LogP contribution in [-0.4, -0.2) is 30.1 Å². The highest BCUT2D eigenvalue weighted by molar-refractivity contribution is 4.83. The van der Waals surface area contributed by atoms with Gasteiger partial charge in [-0.1, -0.05) is 26.7 Å². The van der Waals surface area contributed by atoms with Crippen molar-refractivity contribution in [2.24, 2.45) is 11.7 Å². The first-order valence-corrected chi connectivity index (χ1v) is 6.58. The Kier molecular flexibility index (Phi) is 5.07. The van der Waals surface area contributed by atoms with Crippen LogP contribution in [0.3, 0.4) is 0 Å². The minimum absolute atomic E-state index is 0.0115. The second kappa shape index (κ2) is 5.86. The average molecular weight is 212 g/mol. The minimum Gasteiger partial charge on any atom is -0.324 e. The van der Waals surface area contributed by atoms with E-state index in [4.69, 9.17) is 5.73 Å². The van der Waals surface area contributed by atoms with Gasteiger partial charge in [0.15, 0.2) is 0 Å². The molecule has 2 nitrogen and oxygen atoms in total. The summed E-state index contributed by atoms with van der Waals surface area (Å²) in [6, 6.07) is 0. The van der Waals surface area contributed by atoms with Gasteiger partial charge in [-0.2, -0.15) is 0 Å². The van der Waals surface area contributed by atoms with Gasteiger partial charge >= 0.3 is 0 Å². The lowest BCUT2D eigenvalue weighted by Gasteiger charge is -2.36. The quantitative estimate of drug-likeness (QED) is 0.759. The molecule has 0 saturated carbocycles. The number of rotatable bonds is 5. The van der Waals surface area contributed by atoms with Crippen molar-refractivity contribution in [2.45, 2.75) is 58.4 Å². The molecule has 1 saturated heterocycles. The number of likely N-dealkylation sites (tertiary alicyclic amines) is 1. The number of hydrogen-bond donors (Lipinski definition) is 1. The molecule has 2 N–H and O–H groups in total. The molecule has 15 heavy (non-hydrogen) atoms. The highest BCUT2D eigenvalue weighted by Crippen LogP contribution is 2.22. The fourth-order valence-corrected chi connectivity index (χ4v) is 2.46. The second-order valence-corrected chi connectivity index (χ2v) is 5.52. The van der Waals surface area contributed by atoms with Crippen molar-refractivity contribution in [3.05, 3.63) is 0 Å². The molecule has 90 valence electrons. The van der Waals surface area contributed by atoms with E-state index >= 15 is 0 Å². The van der Waals surface area contributed by atoms with Gasteiger partial charge in [0.25, 0.3) is 0 Å². The van der Waals surface area contributed by atoms with Crippen molar-refractivity contribution in [1.29, 1.82) is 0 Å². The molecular weight excluding hydrogens is 184 g/mol. The molecule has 1 fully saturated rings. The molecule has 0 bridgehead atoms. The summed E-state index contributed by atoms with van der Waals surface area (Å²) in [6.07, 6.45) is 6.60. The lowest BCUT2D eigenvalue weighted by molar-refractivity contribution is 0.147. The van der Waals surface area contributed by atoms with Gasteiger partial charge in [-0.25, -0.2) is 0 Å². The largest absolute Gasteiger partial charge is 0.324 e. The van der Waals surface area contributed by atoms with Crippen LogP contribution in [0.5, 0.6) is 0 Å². The second-order valence-electron chi connectivity index (χ2n) is 5.52. The smallest absolute Gasteiger partial charge is 0.0252 e. The topological polar surface area (TPSA) is 29.3 Å². The van der Waals surface area contributed by atoms with Gasteiger partial charge in [0.2, 0.25) is 0 Å². The number of hydrogen-bond acceptors (Lipinski definition) is 2. The van der Waals surface area contributed by atoms with Crippen molar-refractivity contribution in [3.63, 3.8) is 0 Å². The lowest BCUT2D eigenvalue weighted by atomic mass is 9.91. The number of nitrogens with zero attached hydrogens (tertiary/aromatic N) is 1. The molecule has 0 aromatic rings. The molecule has 0 aliphatic carbocycles. The predicted octanol–water partition coefficient (Wildman–Crippen LogP) is 2.63. The van der Waals surface area contributed by atoms with Crippen LogP contribution in [0.15, 0.2) is 0 Å². The summed E-state index contributed by atoms with van der Waals surface area (Å²) in [6.45, 7) is 10.2. The minimum atomic E-state index is 0.0115. The third-order valence-corrected chi connectivity index (χ3v) is 3.80. The van der Waals surface area contributed by atoms with Crippen LogP contribution in [0.4, 0.5) is 0 Å². The highest BCUT2D eigenvalue weighted by Gasteiger charge is 2.24. The fraction of sp³-hybridized carbons (Fsp3) is 1.00. The molecule has 1 unspecified atom stereocenters. The number of nitrogens with two attached hydrogens (primary N) is 1. The summed E-state index contributed by atoms with van der Waals surface area (Å²) in [5, 5.41) is 0. The molecule has 0 aromatic carbocycles. The van der Waals surface area contributed by atoms with Crippen molar-refractivity contribution in [1.82, 2.24) is 4.90 Å². The van der Waals surface area contributed by atoms with E-state index in [1.165, 1.54) is 38.8 Å². The highest BCUT2D eigenvalue weighted by atomic mass is 15.1. The van der Waals surface area contributed by atoms with Crippen LogP contribution in [-0.2, 0) is 0 Å². The maximum absolute atomic E-state index is 6.20. The SMILES string of the molecule is CCCC1CCN(CC(C)(N)CC)CC1. The van der Waals surface area contributed by atoms with E-state index in [9.17, 15) is 0 Å². The summed E-state index contributed by atoms with van der Waals surface area (Å²) >= 11 is 0. The zero-order valence-electron chi connectivity index (χ0n) is 10.8. The van der Waals surface area contributed by atoms with E-state index in [1.54, 1.807) is 0 Å². The van der Waals surface area contributed by atoms with Gasteiger partial charge in [-0.05, 0) is 45.2 Å². The Balaban J connectivity index is 2.25. The maximum atomic E-state index is 6.20. The standard InChI is InChI=1S/C13H28N2/c1-4-6-12-7-9-15(10-8-12)11-13(3,14)5-2/h12H,4-11,14H2,1-3H3. The van der Waals surface area contributed by atoms with E-state index in [2.05, 4.69) is 25.7 Å². The molecule has 0 radical (unpaired) electrons. The van der Waals surface area contributed by atoms with E-state index in [1.807, 2.05) is 0 Å². The third kappa shape index (κ3) is 4.52. The molecular formula is C13H28N2. The molecule has 0 amide bonds. The maximum Gasteiger partial charge on any atom is 0.0252 e. The van der Waals surface area contributed by atoms with Crippen LogP contribution < -0.4 is 5.73 Å². The Labute approximate surface area is 95.2 Å². The Morgan fingerprint density at radius 3 is 2.33 bits per heavy atom. The molecule has 1 heterocycles. The average Bonchev–Trinajstić information content (AvgIpc) is 2.21. The Bertz CT molecular complexity index is 169. The monoisotopic (exact) mass is 212 g/mol. The first-order valence-electron chi connectivity index (χ1n) is 6.58. The summed E-state index contributed by atoms with van der Waals surface area (Å²) in [7, 11) is 0. The zero-order chi connectivity index (χ0) is 11.3. The van der Waals surface area contributed by atoms with Gasteiger partial charge in [0.1, 0.15) is 0 Å². The fourth-order valence-electron chi connectivity index (χ4n) is 2.46. The first kappa shape index (κ1) is 13.0. The van der Waals surface area contributed by atoms with Gasteiger partial charge in [-0.15, -0.1) is 0 Å². The summed E-state index contributed by atoms with van der Waals surface area (Å²) in [5.74, 6) is 0.983. The molecule has 0 spiro atoms. The van der Waals surface area contributed by atoms with E-state index in [0.717, 1.165) is 18.9 Å².